The summed E-state index contributed by atoms with van der Waals surface area (Å²) in [6.07, 6.45) is 1.09. The van der Waals surface area contributed by atoms with E-state index in [2.05, 4.69) is 60.4 Å². The molecule has 1 atom stereocenters. The Bertz CT molecular complexity index is 577. The number of hydrogen-bond acceptors (Lipinski definition) is 2. The molecule has 104 valence electrons. The smallest absolute Gasteiger partial charge is 0.0477 e. The zero-order valence-corrected chi connectivity index (χ0v) is 12.0. The molecule has 3 rings (SSSR count). The average molecular weight is 266 g/mol. The molecule has 2 heteroatoms. The molecule has 0 bridgehead atoms. The number of aryl methyl sites for hydroxylation is 1. The van der Waals surface area contributed by atoms with Gasteiger partial charge in [-0.1, -0.05) is 54.1 Å². The molecule has 1 heterocycles. The van der Waals surface area contributed by atoms with Gasteiger partial charge in [0, 0.05) is 25.7 Å². The fourth-order valence-electron chi connectivity index (χ4n) is 3.12. The quantitative estimate of drug-likeness (QED) is 0.921. The lowest BCUT2D eigenvalue weighted by Crippen LogP contribution is -2.29. The van der Waals surface area contributed by atoms with Crippen LogP contribution in [0.25, 0.3) is 0 Å². The monoisotopic (exact) mass is 266 g/mol. The minimum Gasteiger partial charge on any atom is -0.329 e. The van der Waals surface area contributed by atoms with Crippen molar-refractivity contribution < 1.29 is 0 Å². The van der Waals surface area contributed by atoms with Crippen LogP contribution in [0.2, 0.25) is 0 Å². The first-order valence-corrected chi connectivity index (χ1v) is 7.35. The van der Waals surface area contributed by atoms with Crippen molar-refractivity contribution in [3.63, 3.8) is 0 Å². The Balaban J connectivity index is 1.73. The summed E-state index contributed by atoms with van der Waals surface area (Å²) in [4.78, 5) is 2.51. The number of nitrogens with two attached hydrogens (primary N) is 1. The van der Waals surface area contributed by atoms with Crippen molar-refractivity contribution in [2.45, 2.75) is 25.9 Å². The predicted octanol–water partition coefficient (Wildman–Crippen LogP) is 3.05. The summed E-state index contributed by atoms with van der Waals surface area (Å²) in [5.74, 6) is 0. The normalized spacial score (nSPS) is 18.2. The zero-order chi connectivity index (χ0) is 13.9. The molecule has 1 unspecified atom stereocenters. The number of fused-ring (bicyclic) bond motifs is 1. The molecule has 0 saturated heterocycles. The molecular weight excluding hydrogens is 244 g/mol. The number of benzene rings is 2. The van der Waals surface area contributed by atoms with E-state index in [0.717, 1.165) is 19.5 Å². The van der Waals surface area contributed by atoms with Gasteiger partial charge in [-0.05, 0) is 30.0 Å². The molecule has 0 spiro atoms. The lowest BCUT2D eigenvalue weighted by molar-refractivity contribution is 0.223. The van der Waals surface area contributed by atoms with Crippen LogP contribution in [0.1, 0.15) is 28.3 Å². The van der Waals surface area contributed by atoms with Crippen molar-refractivity contribution in [3.05, 3.63) is 70.8 Å². The highest BCUT2D eigenvalue weighted by molar-refractivity contribution is 5.37. The van der Waals surface area contributed by atoms with E-state index in [0.29, 0.717) is 12.6 Å². The molecule has 2 aromatic rings. The highest BCUT2D eigenvalue weighted by Gasteiger charge is 2.28. The maximum Gasteiger partial charge on any atom is 0.0477 e. The van der Waals surface area contributed by atoms with Crippen molar-refractivity contribution >= 4 is 0 Å². The van der Waals surface area contributed by atoms with Crippen LogP contribution < -0.4 is 5.73 Å². The Morgan fingerprint density at radius 3 is 2.70 bits per heavy atom. The fraction of sp³-hybridized carbons (Fsp3) is 0.333. The van der Waals surface area contributed by atoms with Crippen LogP contribution in [0.3, 0.4) is 0 Å². The van der Waals surface area contributed by atoms with E-state index >= 15 is 0 Å². The van der Waals surface area contributed by atoms with Crippen LogP contribution in [0.5, 0.6) is 0 Å². The molecule has 0 aromatic heterocycles. The Kier molecular flexibility index (Phi) is 3.86. The van der Waals surface area contributed by atoms with Crippen LogP contribution >= 0.6 is 0 Å². The van der Waals surface area contributed by atoms with E-state index in [1.54, 1.807) is 0 Å². The topological polar surface area (TPSA) is 29.3 Å². The number of hydrogen-bond donors (Lipinski definition) is 1. The molecular formula is C18H22N2. The lowest BCUT2D eigenvalue weighted by atomic mass is 10.0. The van der Waals surface area contributed by atoms with Gasteiger partial charge in [-0.3, -0.25) is 4.90 Å². The van der Waals surface area contributed by atoms with Crippen molar-refractivity contribution in [3.8, 4) is 0 Å². The standard InChI is InChI=1S/C18H22N2/c1-14-7-8-16-13-20(18(12-19)17(16)11-14)10-9-15-5-3-2-4-6-15/h2-8,11,18H,9-10,12-13,19H2,1H3. The maximum absolute atomic E-state index is 6.02. The van der Waals surface area contributed by atoms with Gasteiger partial charge in [0.05, 0.1) is 0 Å². The largest absolute Gasteiger partial charge is 0.329 e. The molecule has 2 nitrogen and oxygen atoms in total. The molecule has 1 aliphatic rings. The minimum atomic E-state index is 0.383. The second-order valence-electron chi connectivity index (χ2n) is 5.66. The summed E-state index contributed by atoms with van der Waals surface area (Å²) >= 11 is 0. The Labute approximate surface area is 121 Å². The van der Waals surface area contributed by atoms with Gasteiger partial charge >= 0.3 is 0 Å². The maximum atomic E-state index is 6.02. The first kappa shape index (κ1) is 13.3. The van der Waals surface area contributed by atoms with Crippen LogP contribution in [0.15, 0.2) is 48.5 Å². The number of rotatable bonds is 4. The van der Waals surface area contributed by atoms with Gasteiger partial charge < -0.3 is 5.73 Å². The van der Waals surface area contributed by atoms with Crippen LogP contribution in [0.4, 0.5) is 0 Å². The van der Waals surface area contributed by atoms with Crippen molar-refractivity contribution in [1.82, 2.24) is 4.90 Å². The van der Waals surface area contributed by atoms with Gasteiger partial charge in [0.15, 0.2) is 0 Å². The first-order chi connectivity index (χ1) is 9.78. The summed E-state index contributed by atoms with van der Waals surface area (Å²) in [5.41, 5.74) is 11.6. The van der Waals surface area contributed by atoms with Gasteiger partial charge in [0.25, 0.3) is 0 Å². The summed E-state index contributed by atoms with van der Waals surface area (Å²) in [6, 6.07) is 17.8. The minimum absolute atomic E-state index is 0.383. The van der Waals surface area contributed by atoms with Crippen molar-refractivity contribution in [2.75, 3.05) is 13.1 Å². The van der Waals surface area contributed by atoms with Gasteiger partial charge in [0.1, 0.15) is 0 Å². The van der Waals surface area contributed by atoms with Gasteiger partial charge in [0.2, 0.25) is 0 Å². The summed E-state index contributed by atoms with van der Waals surface area (Å²) in [6.45, 7) is 4.95. The molecule has 0 fully saturated rings. The van der Waals surface area contributed by atoms with E-state index in [-0.39, 0.29) is 0 Å². The molecule has 0 radical (unpaired) electrons. The predicted molar refractivity (Wildman–Crippen MR) is 83.5 cm³/mol. The van der Waals surface area contributed by atoms with E-state index in [4.69, 9.17) is 5.73 Å². The Morgan fingerprint density at radius 2 is 1.95 bits per heavy atom. The average Bonchev–Trinajstić information content (AvgIpc) is 2.83. The molecule has 2 N–H and O–H groups in total. The zero-order valence-electron chi connectivity index (χ0n) is 12.0. The van der Waals surface area contributed by atoms with Gasteiger partial charge in [-0.25, -0.2) is 0 Å². The third-order valence-electron chi connectivity index (χ3n) is 4.23. The molecule has 20 heavy (non-hydrogen) atoms. The van der Waals surface area contributed by atoms with E-state index < -0.39 is 0 Å². The van der Waals surface area contributed by atoms with Crippen molar-refractivity contribution in [2.24, 2.45) is 5.73 Å². The molecule has 0 saturated carbocycles. The highest BCUT2D eigenvalue weighted by Crippen LogP contribution is 2.33. The van der Waals surface area contributed by atoms with Crippen molar-refractivity contribution in [1.29, 1.82) is 0 Å². The summed E-state index contributed by atoms with van der Waals surface area (Å²) in [5, 5.41) is 0. The Morgan fingerprint density at radius 1 is 1.15 bits per heavy atom. The van der Waals surface area contributed by atoms with Gasteiger partial charge in [-0.2, -0.15) is 0 Å². The van der Waals surface area contributed by atoms with E-state index in [1.807, 2.05) is 0 Å². The second-order valence-corrected chi connectivity index (χ2v) is 5.66. The first-order valence-electron chi connectivity index (χ1n) is 7.35. The molecule has 0 amide bonds. The lowest BCUT2D eigenvalue weighted by Gasteiger charge is -2.23. The van der Waals surface area contributed by atoms with E-state index in [1.165, 1.54) is 22.3 Å². The summed E-state index contributed by atoms with van der Waals surface area (Å²) < 4.78 is 0. The van der Waals surface area contributed by atoms with E-state index in [9.17, 15) is 0 Å². The Hall–Kier alpha value is -1.64. The summed E-state index contributed by atoms with van der Waals surface area (Å²) in [7, 11) is 0. The third-order valence-corrected chi connectivity index (χ3v) is 4.23. The van der Waals surface area contributed by atoms with Crippen LogP contribution in [-0.2, 0) is 13.0 Å². The fourth-order valence-corrected chi connectivity index (χ4v) is 3.12. The van der Waals surface area contributed by atoms with Crippen LogP contribution in [0, 0.1) is 6.92 Å². The molecule has 2 aromatic carbocycles. The highest BCUT2D eigenvalue weighted by atomic mass is 15.2. The molecule has 1 aliphatic heterocycles. The third kappa shape index (κ3) is 2.62. The number of nitrogens with zero attached hydrogens (tertiary/aromatic N) is 1. The van der Waals surface area contributed by atoms with Crippen LogP contribution in [-0.4, -0.2) is 18.0 Å². The second kappa shape index (κ2) is 5.78. The SMILES string of the molecule is Cc1ccc2c(c1)C(CN)N(CCc1ccccc1)C2. The van der Waals surface area contributed by atoms with Gasteiger partial charge in [-0.15, -0.1) is 0 Å². The molecule has 0 aliphatic carbocycles.